The van der Waals surface area contributed by atoms with Crippen LogP contribution in [0.5, 0.6) is 0 Å². The Balaban J connectivity index is 1.75. The van der Waals surface area contributed by atoms with Crippen LogP contribution in [0.25, 0.3) is 0 Å². The van der Waals surface area contributed by atoms with E-state index in [0.717, 1.165) is 5.56 Å². The molecule has 1 heterocycles. The first-order valence-electron chi connectivity index (χ1n) is 7.75. The zero-order valence-corrected chi connectivity index (χ0v) is 13.1. The number of allylic oxidation sites excluding steroid dienone is 3. The summed E-state index contributed by atoms with van der Waals surface area (Å²) in [7, 11) is 0. The van der Waals surface area contributed by atoms with Gasteiger partial charge in [0.2, 0.25) is 0 Å². The number of Topliss-reactive ketones (excluding diaryl/α,β-unsaturated/α-hetero) is 1. The molecule has 4 nitrogen and oxygen atoms in total. The number of amides is 1. The third-order valence-corrected chi connectivity index (χ3v) is 5.47. The van der Waals surface area contributed by atoms with Gasteiger partial charge in [0.05, 0.1) is 5.92 Å². The Morgan fingerprint density at radius 2 is 2.00 bits per heavy atom. The Morgan fingerprint density at radius 1 is 1.22 bits per heavy atom. The van der Waals surface area contributed by atoms with E-state index in [1.54, 1.807) is 18.2 Å². The van der Waals surface area contributed by atoms with Gasteiger partial charge in [-0.05, 0) is 30.9 Å². The second-order valence-corrected chi connectivity index (χ2v) is 6.81. The van der Waals surface area contributed by atoms with Gasteiger partial charge in [-0.1, -0.05) is 41.9 Å². The fourth-order valence-electron chi connectivity index (χ4n) is 4.01. The highest BCUT2D eigenvalue weighted by atomic mass is 35.5. The molecule has 3 atom stereocenters. The molecule has 0 aromatic heterocycles. The lowest BCUT2D eigenvalue weighted by atomic mass is 9.67. The Labute approximate surface area is 138 Å². The fourth-order valence-corrected chi connectivity index (χ4v) is 4.22. The van der Waals surface area contributed by atoms with E-state index in [4.69, 9.17) is 11.6 Å². The van der Waals surface area contributed by atoms with Gasteiger partial charge in [0.25, 0.3) is 5.91 Å². The number of aliphatic hydroxyl groups is 1. The van der Waals surface area contributed by atoms with Crippen LogP contribution in [0.2, 0.25) is 0 Å². The maximum absolute atomic E-state index is 12.9. The molecule has 23 heavy (non-hydrogen) atoms. The molecular formula is C18H16ClNO3. The van der Waals surface area contributed by atoms with Crippen LogP contribution in [-0.4, -0.2) is 22.4 Å². The molecule has 5 heteroatoms. The molecule has 1 aliphatic heterocycles. The van der Waals surface area contributed by atoms with Crippen LogP contribution in [0.15, 0.2) is 47.1 Å². The lowest BCUT2D eigenvalue weighted by Gasteiger charge is -2.37. The average Bonchev–Trinajstić information content (AvgIpc) is 2.79. The van der Waals surface area contributed by atoms with Crippen molar-refractivity contribution in [3.63, 3.8) is 0 Å². The summed E-state index contributed by atoms with van der Waals surface area (Å²) < 4.78 is 0. The number of ketones is 1. The van der Waals surface area contributed by atoms with Crippen LogP contribution in [-0.2, 0) is 11.2 Å². The van der Waals surface area contributed by atoms with Crippen LogP contribution >= 0.6 is 11.6 Å². The highest BCUT2D eigenvalue weighted by molar-refractivity contribution is 6.31. The van der Waals surface area contributed by atoms with E-state index in [-0.39, 0.29) is 5.78 Å². The Hall–Kier alpha value is -1.91. The number of nitrogens with one attached hydrogen (secondary N) is 1. The predicted octanol–water partition coefficient (Wildman–Crippen LogP) is 2.32. The van der Waals surface area contributed by atoms with Gasteiger partial charge in [0.15, 0.2) is 11.4 Å². The summed E-state index contributed by atoms with van der Waals surface area (Å²) in [5.74, 6) is -1.80. The Kier molecular flexibility index (Phi) is 3.22. The van der Waals surface area contributed by atoms with Crippen molar-refractivity contribution in [2.24, 2.45) is 11.8 Å². The maximum atomic E-state index is 12.9. The van der Waals surface area contributed by atoms with Crippen molar-refractivity contribution in [3.8, 4) is 0 Å². The number of hydrogen-bond acceptors (Lipinski definition) is 3. The highest BCUT2D eigenvalue weighted by Gasteiger charge is 2.59. The van der Waals surface area contributed by atoms with E-state index in [1.807, 2.05) is 18.2 Å². The summed E-state index contributed by atoms with van der Waals surface area (Å²) in [4.78, 5) is 25.4. The molecule has 1 fully saturated rings. The third kappa shape index (κ3) is 2.02. The summed E-state index contributed by atoms with van der Waals surface area (Å²) in [6.45, 7) is 0. The minimum absolute atomic E-state index is 0.147. The summed E-state index contributed by atoms with van der Waals surface area (Å²) in [5, 5.41) is 14.5. The van der Waals surface area contributed by atoms with Gasteiger partial charge in [-0.2, -0.15) is 0 Å². The SMILES string of the molecule is O=C1c2ccccc2CC[C@@H]1[C@@]1(O)C(=O)NC2=CC(Cl)=CCC21. The molecule has 118 valence electrons. The van der Waals surface area contributed by atoms with Gasteiger partial charge < -0.3 is 10.4 Å². The zero-order chi connectivity index (χ0) is 16.2. The Morgan fingerprint density at radius 3 is 2.83 bits per heavy atom. The summed E-state index contributed by atoms with van der Waals surface area (Å²) >= 11 is 5.99. The van der Waals surface area contributed by atoms with E-state index in [1.165, 1.54) is 0 Å². The largest absolute Gasteiger partial charge is 0.379 e. The molecule has 2 aliphatic carbocycles. The number of benzene rings is 1. The van der Waals surface area contributed by atoms with Crippen molar-refractivity contribution in [1.29, 1.82) is 0 Å². The molecule has 3 aliphatic rings. The standard InChI is InChI=1S/C18H16ClNO3/c19-11-6-8-13-15(9-11)20-17(22)18(13,23)14-7-5-10-3-1-2-4-12(10)16(14)21/h1-4,6,9,13-14,23H,5,7-8H2,(H,20,22)/t13?,14-,18+/m0/s1. The zero-order valence-electron chi connectivity index (χ0n) is 12.4. The van der Waals surface area contributed by atoms with Crippen LogP contribution < -0.4 is 5.32 Å². The Bertz CT molecular complexity index is 782. The van der Waals surface area contributed by atoms with Crippen LogP contribution in [0, 0.1) is 11.8 Å². The second kappa shape index (κ2) is 5.05. The molecule has 1 amide bonds. The number of aryl methyl sites for hydroxylation is 1. The van der Waals surface area contributed by atoms with Gasteiger partial charge in [-0.3, -0.25) is 9.59 Å². The van der Waals surface area contributed by atoms with Crippen molar-refractivity contribution in [3.05, 3.63) is 58.3 Å². The van der Waals surface area contributed by atoms with Crippen LogP contribution in [0.1, 0.15) is 28.8 Å². The normalized spacial score (nSPS) is 32.6. The molecule has 0 bridgehead atoms. The number of halogens is 1. The lowest BCUT2D eigenvalue weighted by molar-refractivity contribution is -0.143. The third-order valence-electron chi connectivity index (χ3n) is 5.20. The van der Waals surface area contributed by atoms with E-state index in [2.05, 4.69) is 5.32 Å². The fraction of sp³-hybridized carbons (Fsp3) is 0.333. The monoisotopic (exact) mass is 329 g/mol. The topological polar surface area (TPSA) is 66.4 Å². The van der Waals surface area contributed by atoms with E-state index < -0.39 is 23.3 Å². The van der Waals surface area contributed by atoms with Crippen molar-refractivity contribution >= 4 is 23.3 Å². The lowest BCUT2D eigenvalue weighted by Crippen LogP contribution is -2.53. The molecule has 4 rings (SSSR count). The van der Waals surface area contributed by atoms with Crippen molar-refractivity contribution in [2.45, 2.75) is 24.9 Å². The maximum Gasteiger partial charge on any atom is 0.257 e. The molecular weight excluding hydrogens is 314 g/mol. The number of fused-ring (bicyclic) bond motifs is 2. The highest BCUT2D eigenvalue weighted by Crippen LogP contribution is 2.45. The summed E-state index contributed by atoms with van der Waals surface area (Å²) in [6.07, 6.45) is 5.05. The molecule has 0 saturated carbocycles. The minimum Gasteiger partial charge on any atom is -0.379 e. The second-order valence-electron chi connectivity index (χ2n) is 6.37. The summed E-state index contributed by atoms with van der Waals surface area (Å²) in [6, 6.07) is 7.41. The van der Waals surface area contributed by atoms with Crippen LogP contribution in [0.4, 0.5) is 0 Å². The molecule has 1 aromatic rings. The van der Waals surface area contributed by atoms with Crippen molar-refractivity contribution in [2.75, 3.05) is 0 Å². The molecule has 1 unspecified atom stereocenters. The van der Waals surface area contributed by atoms with Gasteiger partial charge in [0.1, 0.15) is 0 Å². The quantitative estimate of drug-likeness (QED) is 0.831. The van der Waals surface area contributed by atoms with Gasteiger partial charge in [-0.25, -0.2) is 0 Å². The smallest absolute Gasteiger partial charge is 0.257 e. The molecule has 0 radical (unpaired) electrons. The summed E-state index contributed by atoms with van der Waals surface area (Å²) in [5.41, 5.74) is 0.506. The number of rotatable bonds is 1. The van der Waals surface area contributed by atoms with Gasteiger partial charge in [-0.15, -0.1) is 0 Å². The van der Waals surface area contributed by atoms with Gasteiger partial charge in [0, 0.05) is 22.2 Å². The molecule has 2 N–H and O–H groups in total. The first-order chi connectivity index (χ1) is 11.0. The number of carbonyl (C=O) groups is 2. The first-order valence-corrected chi connectivity index (χ1v) is 8.13. The van der Waals surface area contributed by atoms with Crippen molar-refractivity contribution in [1.82, 2.24) is 5.32 Å². The number of hydrogen-bond donors (Lipinski definition) is 2. The average molecular weight is 330 g/mol. The van der Waals surface area contributed by atoms with E-state index in [0.29, 0.717) is 35.6 Å². The molecule has 1 aromatic carbocycles. The first kappa shape index (κ1) is 14.7. The molecule has 1 saturated heterocycles. The number of carbonyl (C=O) groups excluding carboxylic acids is 2. The minimum atomic E-state index is -1.70. The molecule has 0 spiro atoms. The predicted molar refractivity (Wildman–Crippen MR) is 85.8 cm³/mol. The van der Waals surface area contributed by atoms with Gasteiger partial charge >= 0.3 is 0 Å². The van der Waals surface area contributed by atoms with E-state index in [9.17, 15) is 14.7 Å². The van der Waals surface area contributed by atoms with Crippen LogP contribution in [0.3, 0.4) is 0 Å². The van der Waals surface area contributed by atoms with Crippen molar-refractivity contribution < 1.29 is 14.7 Å². The van der Waals surface area contributed by atoms with E-state index >= 15 is 0 Å².